The zero-order chi connectivity index (χ0) is 14.8. The predicted octanol–water partition coefficient (Wildman–Crippen LogP) is 3.05. The van der Waals surface area contributed by atoms with Crippen LogP contribution in [0.5, 0.6) is 5.75 Å². The molecule has 1 fully saturated rings. The van der Waals surface area contributed by atoms with Crippen molar-refractivity contribution in [2.24, 2.45) is 5.73 Å². The molecule has 2 atom stereocenters. The topological polar surface area (TPSA) is 44.5 Å². The average molecular weight is 281 g/mol. The SMILES string of the molecule is CC(N)Cc1cc(F)ccc1OCC1CCC(C)(C)O1. The molecule has 0 aliphatic carbocycles. The molecule has 0 spiro atoms. The second-order valence-electron chi connectivity index (χ2n) is 6.28. The molecule has 2 unspecified atom stereocenters. The van der Waals surface area contributed by atoms with E-state index in [4.69, 9.17) is 15.2 Å². The van der Waals surface area contributed by atoms with Gasteiger partial charge in [-0.2, -0.15) is 0 Å². The predicted molar refractivity (Wildman–Crippen MR) is 77.4 cm³/mol. The minimum Gasteiger partial charge on any atom is -0.491 e. The van der Waals surface area contributed by atoms with E-state index < -0.39 is 0 Å². The molecule has 20 heavy (non-hydrogen) atoms. The number of rotatable bonds is 5. The van der Waals surface area contributed by atoms with Crippen LogP contribution in [0.15, 0.2) is 18.2 Å². The smallest absolute Gasteiger partial charge is 0.123 e. The van der Waals surface area contributed by atoms with Crippen LogP contribution < -0.4 is 10.5 Å². The van der Waals surface area contributed by atoms with Crippen molar-refractivity contribution in [3.63, 3.8) is 0 Å². The van der Waals surface area contributed by atoms with Crippen molar-refractivity contribution < 1.29 is 13.9 Å². The Labute approximate surface area is 120 Å². The summed E-state index contributed by atoms with van der Waals surface area (Å²) in [6, 6.07) is 4.56. The summed E-state index contributed by atoms with van der Waals surface area (Å²) in [5.41, 5.74) is 6.55. The normalized spacial score (nSPS) is 22.8. The van der Waals surface area contributed by atoms with Gasteiger partial charge in [-0.3, -0.25) is 0 Å². The van der Waals surface area contributed by atoms with E-state index >= 15 is 0 Å². The summed E-state index contributed by atoms with van der Waals surface area (Å²) in [5.74, 6) is 0.447. The van der Waals surface area contributed by atoms with Gasteiger partial charge in [-0.05, 0) is 63.8 Å². The summed E-state index contributed by atoms with van der Waals surface area (Å²) in [6.45, 7) is 6.58. The molecule has 0 amide bonds. The fraction of sp³-hybridized carbons (Fsp3) is 0.625. The Kier molecular flexibility index (Phi) is 4.66. The number of ether oxygens (including phenoxy) is 2. The molecule has 0 radical (unpaired) electrons. The van der Waals surface area contributed by atoms with Gasteiger partial charge in [0.1, 0.15) is 18.2 Å². The molecule has 1 aliphatic rings. The highest BCUT2D eigenvalue weighted by molar-refractivity contribution is 5.34. The Morgan fingerprint density at radius 1 is 1.50 bits per heavy atom. The van der Waals surface area contributed by atoms with Gasteiger partial charge >= 0.3 is 0 Å². The van der Waals surface area contributed by atoms with Crippen molar-refractivity contribution in [3.05, 3.63) is 29.6 Å². The second-order valence-corrected chi connectivity index (χ2v) is 6.28. The van der Waals surface area contributed by atoms with E-state index in [9.17, 15) is 4.39 Å². The minimum absolute atomic E-state index is 0.0270. The van der Waals surface area contributed by atoms with E-state index in [-0.39, 0.29) is 23.6 Å². The van der Waals surface area contributed by atoms with E-state index in [1.54, 1.807) is 6.07 Å². The molecule has 1 aromatic rings. The Balaban J connectivity index is 1.98. The van der Waals surface area contributed by atoms with Gasteiger partial charge in [0.2, 0.25) is 0 Å². The zero-order valence-corrected chi connectivity index (χ0v) is 12.5. The van der Waals surface area contributed by atoms with Crippen LogP contribution >= 0.6 is 0 Å². The van der Waals surface area contributed by atoms with Crippen molar-refractivity contribution in [2.75, 3.05) is 6.61 Å². The lowest BCUT2D eigenvalue weighted by Gasteiger charge is -2.20. The molecule has 112 valence electrons. The average Bonchev–Trinajstić information content (AvgIpc) is 2.67. The van der Waals surface area contributed by atoms with Crippen molar-refractivity contribution in [2.45, 2.75) is 57.8 Å². The standard InChI is InChI=1S/C16H24FNO2/c1-11(18)8-12-9-13(17)4-5-15(12)19-10-14-6-7-16(2,3)20-14/h4-5,9,11,14H,6-8,10,18H2,1-3H3. The number of hydrogen-bond donors (Lipinski definition) is 1. The molecule has 1 heterocycles. The number of nitrogens with two attached hydrogens (primary N) is 1. The van der Waals surface area contributed by atoms with Crippen LogP contribution in [0.25, 0.3) is 0 Å². The first kappa shape index (κ1) is 15.3. The molecule has 2 N–H and O–H groups in total. The van der Waals surface area contributed by atoms with E-state index in [1.165, 1.54) is 12.1 Å². The third-order valence-electron chi connectivity index (χ3n) is 3.54. The monoisotopic (exact) mass is 281 g/mol. The molecule has 0 aromatic heterocycles. The van der Waals surface area contributed by atoms with Crippen molar-refractivity contribution >= 4 is 0 Å². The van der Waals surface area contributed by atoms with Gasteiger partial charge < -0.3 is 15.2 Å². The van der Waals surface area contributed by atoms with Gasteiger partial charge in [0.15, 0.2) is 0 Å². The van der Waals surface area contributed by atoms with Crippen LogP contribution in [-0.4, -0.2) is 24.4 Å². The molecule has 4 heteroatoms. The van der Waals surface area contributed by atoms with Gasteiger partial charge in [-0.15, -0.1) is 0 Å². The number of halogens is 1. The highest BCUT2D eigenvalue weighted by atomic mass is 19.1. The highest BCUT2D eigenvalue weighted by Gasteiger charge is 2.32. The van der Waals surface area contributed by atoms with Gasteiger partial charge in [-0.1, -0.05) is 0 Å². The van der Waals surface area contributed by atoms with Crippen LogP contribution in [0.2, 0.25) is 0 Å². The molecule has 1 saturated heterocycles. The molecule has 3 nitrogen and oxygen atoms in total. The Morgan fingerprint density at radius 2 is 2.25 bits per heavy atom. The molecule has 1 aromatic carbocycles. The van der Waals surface area contributed by atoms with Crippen LogP contribution in [0.1, 0.15) is 39.2 Å². The van der Waals surface area contributed by atoms with Gasteiger partial charge in [0.05, 0.1) is 11.7 Å². The largest absolute Gasteiger partial charge is 0.491 e. The fourth-order valence-electron chi connectivity index (χ4n) is 2.57. The summed E-state index contributed by atoms with van der Waals surface area (Å²) in [7, 11) is 0. The molecule has 0 bridgehead atoms. The lowest BCUT2D eigenvalue weighted by atomic mass is 10.1. The Morgan fingerprint density at radius 3 is 2.85 bits per heavy atom. The maximum absolute atomic E-state index is 13.3. The van der Waals surface area contributed by atoms with E-state index in [0.717, 1.165) is 18.4 Å². The van der Waals surface area contributed by atoms with Crippen LogP contribution in [0.4, 0.5) is 4.39 Å². The molecule has 0 saturated carbocycles. The van der Waals surface area contributed by atoms with Crippen LogP contribution in [0.3, 0.4) is 0 Å². The summed E-state index contributed by atoms with van der Waals surface area (Å²) in [5, 5.41) is 0. The third kappa shape index (κ3) is 4.18. The van der Waals surface area contributed by atoms with Crippen molar-refractivity contribution in [1.82, 2.24) is 0 Å². The first-order chi connectivity index (χ1) is 9.35. The lowest BCUT2D eigenvalue weighted by molar-refractivity contribution is -0.0327. The molecule has 1 aliphatic heterocycles. The number of benzene rings is 1. The van der Waals surface area contributed by atoms with Gasteiger partial charge in [0.25, 0.3) is 0 Å². The third-order valence-corrected chi connectivity index (χ3v) is 3.54. The Bertz CT molecular complexity index is 460. The quantitative estimate of drug-likeness (QED) is 0.902. The van der Waals surface area contributed by atoms with E-state index in [1.807, 2.05) is 6.92 Å². The first-order valence-electron chi connectivity index (χ1n) is 7.20. The second kappa shape index (κ2) is 6.10. The summed E-state index contributed by atoms with van der Waals surface area (Å²) in [4.78, 5) is 0. The maximum atomic E-state index is 13.3. The fourth-order valence-corrected chi connectivity index (χ4v) is 2.57. The Hall–Kier alpha value is -1.13. The lowest BCUT2D eigenvalue weighted by Crippen LogP contribution is -2.24. The van der Waals surface area contributed by atoms with Crippen molar-refractivity contribution in [1.29, 1.82) is 0 Å². The summed E-state index contributed by atoms with van der Waals surface area (Å²) < 4.78 is 25.0. The van der Waals surface area contributed by atoms with Crippen LogP contribution in [0, 0.1) is 5.82 Å². The van der Waals surface area contributed by atoms with Crippen molar-refractivity contribution in [3.8, 4) is 5.75 Å². The minimum atomic E-state index is -0.258. The number of hydrogen-bond acceptors (Lipinski definition) is 3. The van der Waals surface area contributed by atoms with Gasteiger partial charge in [0, 0.05) is 6.04 Å². The molecular formula is C16H24FNO2. The summed E-state index contributed by atoms with van der Waals surface area (Å²) >= 11 is 0. The zero-order valence-electron chi connectivity index (χ0n) is 12.5. The maximum Gasteiger partial charge on any atom is 0.123 e. The summed E-state index contributed by atoms with van der Waals surface area (Å²) in [6.07, 6.45) is 2.75. The van der Waals surface area contributed by atoms with Crippen LogP contribution in [-0.2, 0) is 11.2 Å². The van der Waals surface area contributed by atoms with Gasteiger partial charge in [-0.25, -0.2) is 4.39 Å². The van der Waals surface area contributed by atoms with E-state index in [0.29, 0.717) is 18.8 Å². The first-order valence-corrected chi connectivity index (χ1v) is 7.20. The highest BCUT2D eigenvalue weighted by Crippen LogP contribution is 2.30. The van der Waals surface area contributed by atoms with E-state index in [2.05, 4.69) is 13.8 Å². The molecular weight excluding hydrogens is 257 g/mol. The molecule has 2 rings (SSSR count).